The molecule has 0 spiro atoms. The number of hydrogen-bond acceptors (Lipinski definition) is 7. The Balaban J connectivity index is 1.70. The predicted octanol–water partition coefficient (Wildman–Crippen LogP) is 3.54. The number of nitrogens with zero attached hydrogens (tertiary/aromatic N) is 1. The van der Waals surface area contributed by atoms with Crippen molar-refractivity contribution in [2.24, 2.45) is 17.8 Å². The number of benzene rings is 1. The van der Waals surface area contributed by atoms with Crippen LogP contribution in [0.15, 0.2) is 45.5 Å². The highest BCUT2D eigenvalue weighted by atomic mass is 79.9. The van der Waals surface area contributed by atoms with Crippen LogP contribution in [-0.2, 0) is 23.9 Å². The minimum Gasteiger partial charge on any atom is -0.507 e. The van der Waals surface area contributed by atoms with Crippen LogP contribution in [-0.4, -0.2) is 46.6 Å². The lowest BCUT2D eigenvalue weighted by atomic mass is 9.59. The minimum absolute atomic E-state index is 0.108. The molecule has 180 valence electrons. The summed E-state index contributed by atoms with van der Waals surface area (Å²) in [7, 11) is 1.11. The zero-order chi connectivity index (χ0) is 25.3. The van der Waals surface area contributed by atoms with Crippen LogP contribution in [0, 0.1) is 31.6 Å². The molecule has 35 heavy (non-hydrogen) atoms. The zero-order valence-corrected chi connectivity index (χ0v) is 20.8. The van der Waals surface area contributed by atoms with Crippen LogP contribution in [0.3, 0.4) is 0 Å². The van der Waals surface area contributed by atoms with Crippen LogP contribution < -0.4 is 0 Å². The van der Waals surface area contributed by atoms with Crippen LogP contribution in [0.2, 0.25) is 0 Å². The van der Waals surface area contributed by atoms with Crippen molar-refractivity contribution < 1.29 is 33.8 Å². The molecule has 3 aliphatic carbocycles. The number of rotatable bonds is 1. The molecule has 0 bridgehead atoms. The molecule has 1 N–H and O–H groups in total. The van der Waals surface area contributed by atoms with Crippen LogP contribution in [0.5, 0.6) is 5.75 Å². The molecule has 1 aromatic rings. The topological polar surface area (TPSA) is 118 Å². The largest absolute Gasteiger partial charge is 0.507 e. The van der Waals surface area contributed by atoms with E-state index in [0.29, 0.717) is 32.7 Å². The van der Waals surface area contributed by atoms with Crippen molar-refractivity contribution in [3.63, 3.8) is 0 Å². The summed E-state index contributed by atoms with van der Waals surface area (Å²) in [5, 5.41) is 10.3. The van der Waals surface area contributed by atoms with Crippen LogP contribution in [0.1, 0.15) is 35.4 Å². The smallest absolute Gasteiger partial charge is 0.423 e. The lowest BCUT2D eigenvalue weighted by molar-refractivity contribution is -0.137. The summed E-state index contributed by atoms with van der Waals surface area (Å²) in [6.07, 6.45) is 2.45. The highest BCUT2D eigenvalue weighted by molar-refractivity contribution is 9.12. The van der Waals surface area contributed by atoms with E-state index in [0.717, 1.165) is 12.7 Å². The van der Waals surface area contributed by atoms with Gasteiger partial charge in [-0.15, -0.1) is 0 Å². The Kier molecular flexibility index (Phi) is 5.43. The number of likely N-dealkylation sites (tertiary alicyclic amines) is 1. The maximum atomic E-state index is 13.3. The standard InChI is InChI=1S/C26H22BrNO7/c1-10-6-12(7-11(2)22(10)30)19-13-4-5-14-20(25(33)28(24(14)32)26(34)35-3)15(13)8-16-21(19)18(29)9-17(27)23(16)31/h4,6-7,9,14-15,19-20,30H,5,8H2,1-3H3/t14-,15+,19-,20-/m0/s1. The summed E-state index contributed by atoms with van der Waals surface area (Å²) in [5.41, 5.74) is 3.38. The number of amides is 3. The van der Waals surface area contributed by atoms with Crippen molar-refractivity contribution in [1.82, 2.24) is 4.90 Å². The lowest BCUT2D eigenvalue weighted by Gasteiger charge is -2.42. The van der Waals surface area contributed by atoms with Crippen LogP contribution in [0.25, 0.3) is 0 Å². The first-order valence-corrected chi connectivity index (χ1v) is 12.0. The molecule has 4 atom stereocenters. The number of Topliss-reactive ketones (excluding diaryl/α,β-unsaturated/α-hetero) is 1. The van der Waals surface area contributed by atoms with Gasteiger partial charge in [0, 0.05) is 23.1 Å². The van der Waals surface area contributed by atoms with E-state index >= 15 is 0 Å². The van der Waals surface area contributed by atoms with Gasteiger partial charge >= 0.3 is 6.09 Å². The Morgan fingerprint density at radius 1 is 1.09 bits per heavy atom. The number of ether oxygens (including phenoxy) is 1. The van der Waals surface area contributed by atoms with Crippen molar-refractivity contribution in [3.05, 3.63) is 62.2 Å². The molecule has 1 saturated heterocycles. The average Bonchev–Trinajstić information content (AvgIpc) is 3.08. The monoisotopic (exact) mass is 539 g/mol. The van der Waals surface area contributed by atoms with Gasteiger partial charge < -0.3 is 9.84 Å². The molecule has 0 saturated carbocycles. The van der Waals surface area contributed by atoms with Gasteiger partial charge in [0.15, 0.2) is 11.6 Å². The summed E-state index contributed by atoms with van der Waals surface area (Å²) in [6, 6.07) is 3.56. The molecule has 4 aliphatic rings. The van der Waals surface area contributed by atoms with Crippen molar-refractivity contribution in [1.29, 1.82) is 0 Å². The van der Waals surface area contributed by atoms with Gasteiger partial charge in [-0.05, 0) is 65.2 Å². The van der Waals surface area contributed by atoms with Gasteiger partial charge in [-0.2, -0.15) is 4.90 Å². The quantitative estimate of drug-likeness (QED) is 0.329. The number of aromatic hydroxyl groups is 1. The second-order valence-corrected chi connectivity index (χ2v) is 10.2. The van der Waals surface area contributed by atoms with Gasteiger partial charge in [0.05, 0.1) is 23.4 Å². The van der Waals surface area contributed by atoms with E-state index in [1.165, 1.54) is 6.08 Å². The van der Waals surface area contributed by atoms with Crippen molar-refractivity contribution in [3.8, 4) is 5.75 Å². The number of phenolic OH excluding ortho intramolecular Hbond substituents is 1. The fraction of sp³-hybridized carbons (Fsp3) is 0.346. The Morgan fingerprint density at radius 3 is 2.37 bits per heavy atom. The normalized spacial score (nSPS) is 27.8. The van der Waals surface area contributed by atoms with E-state index in [-0.39, 0.29) is 34.6 Å². The number of hydrogen-bond donors (Lipinski definition) is 1. The molecular formula is C26H22BrNO7. The summed E-state index contributed by atoms with van der Waals surface area (Å²) in [6.45, 7) is 3.51. The number of imide groups is 3. The average molecular weight is 540 g/mol. The van der Waals surface area contributed by atoms with E-state index < -0.39 is 41.6 Å². The molecule has 0 unspecified atom stereocenters. The molecular weight excluding hydrogens is 518 g/mol. The highest BCUT2D eigenvalue weighted by Crippen LogP contribution is 2.55. The third kappa shape index (κ3) is 3.28. The number of methoxy groups -OCH3 is 1. The van der Waals surface area contributed by atoms with Gasteiger partial charge in [0.2, 0.25) is 11.8 Å². The summed E-state index contributed by atoms with van der Waals surface area (Å²) in [4.78, 5) is 65.4. The Bertz CT molecular complexity index is 1330. The van der Waals surface area contributed by atoms with Gasteiger partial charge in [0.25, 0.3) is 0 Å². The fourth-order valence-corrected chi connectivity index (χ4v) is 6.46. The Labute approximate surface area is 209 Å². The fourth-order valence-electron chi connectivity index (χ4n) is 6.01. The number of carbonyl (C=O) groups is 5. The number of aryl methyl sites for hydroxylation is 2. The van der Waals surface area contributed by atoms with Gasteiger partial charge in [0.1, 0.15) is 5.75 Å². The van der Waals surface area contributed by atoms with Crippen LogP contribution in [0.4, 0.5) is 4.79 Å². The number of ketones is 2. The molecule has 0 aromatic heterocycles. The number of fused-ring (bicyclic) bond motifs is 3. The van der Waals surface area contributed by atoms with Crippen LogP contribution >= 0.6 is 15.9 Å². The molecule has 1 heterocycles. The van der Waals surface area contributed by atoms with E-state index in [1.807, 2.05) is 6.08 Å². The first-order valence-electron chi connectivity index (χ1n) is 11.2. The van der Waals surface area contributed by atoms with Gasteiger partial charge in [-0.25, -0.2) is 4.79 Å². The lowest BCUT2D eigenvalue weighted by Crippen LogP contribution is -2.40. The van der Waals surface area contributed by atoms with Crippen molar-refractivity contribution in [2.45, 2.75) is 32.6 Å². The molecule has 9 heteroatoms. The summed E-state index contributed by atoms with van der Waals surface area (Å²) >= 11 is 3.19. The highest BCUT2D eigenvalue weighted by Gasteiger charge is 2.58. The third-order valence-corrected chi connectivity index (χ3v) is 8.12. The zero-order valence-electron chi connectivity index (χ0n) is 19.3. The molecule has 1 aliphatic heterocycles. The maximum absolute atomic E-state index is 13.3. The van der Waals surface area contributed by atoms with Gasteiger partial charge in [-0.3, -0.25) is 19.2 Å². The molecule has 0 radical (unpaired) electrons. The van der Waals surface area contributed by atoms with E-state index in [4.69, 9.17) is 0 Å². The molecule has 5 rings (SSSR count). The second-order valence-electron chi connectivity index (χ2n) is 9.38. The van der Waals surface area contributed by atoms with Crippen molar-refractivity contribution in [2.75, 3.05) is 7.11 Å². The Morgan fingerprint density at radius 2 is 1.74 bits per heavy atom. The molecule has 3 amide bonds. The predicted molar refractivity (Wildman–Crippen MR) is 126 cm³/mol. The van der Waals surface area contributed by atoms with E-state index in [1.54, 1.807) is 26.0 Å². The molecule has 1 fully saturated rings. The second kappa shape index (κ2) is 8.12. The number of carbonyl (C=O) groups excluding carboxylic acids is 5. The van der Waals surface area contributed by atoms with Gasteiger partial charge in [-0.1, -0.05) is 23.8 Å². The van der Waals surface area contributed by atoms with Crippen molar-refractivity contribution >= 4 is 45.4 Å². The maximum Gasteiger partial charge on any atom is 0.423 e. The van der Waals surface area contributed by atoms with E-state index in [9.17, 15) is 29.1 Å². The summed E-state index contributed by atoms with van der Waals surface area (Å²) < 4.78 is 4.80. The minimum atomic E-state index is -1.03. The first-order chi connectivity index (χ1) is 16.6. The molecule has 1 aromatic carbocycles. The number of halogens is 1. The number of allylic oxidation sites excluding steroid dienone is 6. The SMILES string of the molecule is COC(=O)N1C(=O)[C@H]2[C@H](CC=C3[C@H](c4cc(C)c(O)c(C)c4)C4=C(C[C@H]32)C(=O)C(Br)=CC4=O)C1=O. The van der Waals surface area contributed by atoms with E-state index in [2.05, 4.69) is 20.7 Å². The number of phenols is 1. The first kappa shape index (κ1) is 23.4. The third-order valence-electron chi connectivity index (χ3n) is 7.54. The molecule has 8 nitrogen and oxygen atoms in total. The Hall–Kier alpha value is -3.33. The summed E-state index contributed by atoms with van der Waals surface area (Å²) in [5.74, 6) is -4.49.